The number of hydrogen-bond donors (Lipinski definition) is 0. The van der Waals surface area contributed by atoms with E-state index in [9.17, 15) is 0 Å². The minimum Gasteiger partial charge on any atom is -0.496 e. The Morgan fingerprint density at radius 2 is 1.54 bits per heavy atom. The van der Waals surface area contributed by atoms with E-state index in [1.165, 1.54) is 5.56 Å². The summed E-state index contributed by atoms with van der Waals surface area (Å²) in [6, 6.07) is 16.7. The summed E-state index contributed by atoms with van der Waals surface area (Å²) in [5.41, 5.74) is 3.37. The van der Waals surface area contributed by atoms with Gasteiger partial charge in [0.15, 0.2) is 8.32 Å². The van der Waals surface area contributed by atoms with E-state index in [0.717, 1.165) is 22.6 Å². The Labute approximate surface area is 170 Å². The van der Waals surface area contributed by atoms with Gasteiger partial charge in [-0.25, -0.2) is 0 Å². The van der Waals surface area contributed by atoms with Crippen LogP contribution in [-0.2, 0) is 9.16 Å². The fourth-order valence-corrected chi connectivity index (χ4v) is 4.76. The third-order valence-electron chi connectivity index (χ3n) is 6.12. The summed E-state index contributed by atoms with van der Waals surface area (Å²) in [5, 5.41) is 0.124. The van der Waals surface area contributed by atoms with Crippen molar-refractivity contribution in [1.29, 1.82) is 0 Å². The Morgan fingerprint density at radius 1 is 0.857 bits per heavy atom. The first-order chi connectivity index (χ1) is 13.2. The lowest BCUT2D eigenvalue weighted by molar-refractivity contribution is 0.163. The monoisotopic (exact) mass is 396 g/mol. The molecule has 0 bridgehead atoms. The second kappa shape index (κ2) is 7.76. The van der Waals surface area contributed by atoms with Gasteiger partial charge in [0, 0.05) is 5.92 Å². The van der Waals surface area contributed by atoms with Crippen molar-refractivity contribution in [3.05, 3.63) is 71.3 Å². The van der Waals surface area contributed by atoms with E-state index in [1.807, 2.05) is 18.2 Å². The zero-order valence-corrected chi connectivity index (χ0v) is 19.1. The molecule has 0 heterocycles. The van der Waals surface area contributed by atoms with E-state index in [0.29, 0.717) is 0 Å². The van der Waals surface area contributed by atoms with Crippen molar-refractivity contribution < 1.29 is 13.9 Å². The van der Waals surface area contributed by atoms with Crippen molar-refractivity contribution in [3.63, 3.8) is 0 Å². The van der Waals surface area contributed by atoms with Crippen LogP contribution in [0, 0.1) is 0 Å². The van der Waals surface area contributed by atoms with Crippen LogP contribution < -0.4 is 4.74 Å². The molecule has 0 N–H and O–H groups in total. The Morgan fingerprint density at radius 3 is 2.11 bits per heavy atom. The van der Waals surface area contributed by atoms with Crippen molar-refractivity contribution in [3.8, 4) is 5.75 Å². The highest BCUT2D eigenvalue weighted by atomic mass is 28.4. The molecule has 150 valence electrons. The summed E-state index contributed by atoms with van der Waals surface area (Å²) in [4.78, 5) is 0. The van der Waals surface area contributed by atoms with Crippen LogP contribution in [0.2, 0.25) is 18.1 Å². The molecule has 28 heavy (non-hydrogen) atoms. The van der Waals surface area contributed by atoms with E-state index in [-0.39, 0.29) is 17.1 Å². The summed E-state index contributed by atoms with van der Waals surface area (Å²) in [6.45, 7) is 11.5. The molecule has 0 aromatic heterocycles. The summed E-state index contributed by atoms with van der Waals surface area (Å²) in [5.74, 6) is 1.75. The van der Waals surface area contributed by atoms with Crippen LogP contribution in [0.25, 0.3) is 5.76 Å². The van der Waals surface area contributed by atoms with Gasteiger partial charge in [-0.2, -0.15) is 0 Å². The lowest BCUT2D eigenvalue weighted by Gasteiger charge is -2.43. The Balaban J connectivity index is 2.19. The van der Waals surface area contributed by atoms with Gasteiger partial charge < -0.3 is 13.9 Å². The fraction of sp³-hybridized carbons (Fsp3) is 0.417. The Bertz CT molecular complexity index is 850. The number of methoxy groups -OCH3 is 2. The topological polar surface area (TPSA) is 27.7 Å². The third-order valence-corrected chi connectivity index (χ3v) is 10.6. The smallest absolute Gasteiger partial charge is 0.192 e. The van der Waals surface area contributed by atoms with E-state index in [2.05, 4.69) is 70.3 Å². The van der Waals surface area contributed by atoms with Gasteiger partial charge in [-0.3, -0.25) is 0 Å². The molecule has 0 spiro atoms. The fourth-order valence-electron chi connectivity index (χ4n) is 3.49. The molecule has 0 amide bonds. The number of hydrogen-bond acceptors (Lipinski definition) is 3. The van der Waals surface area contributed by atoms with E-state index >= 15 is 0 Å². The minimum atomic E-state index is -2.01. The minimum absolute atomic E-state index is 0.0766. The second-order valence-corrected chi connectivity index (χ2v) is 13.7. The molecule has 4 heteroatoms. The lowest BCUT2D eigenvalue weighted by Crippen LogP contribution is -2.43. The molecular weight excluding hydrogens is 364 g/mol. The quantitative estimate of drug-likeness (QED) is 0.537. The zero-order valence-electron chi connectivity index (χ0n) is 18.1. The van der Waals surface area contributed by atoms with Gasteiger partial charge >= 0.3 is 0 Å². The van der Waals surface area contributed by atoms with Crippen LogP contribution in [0.15, 0.2) is 54.6 Å². The maximum Gasteiger partial charge on any atom is 0.192 e. The van der Waals surface area contributed by atoms with E-state index < -0.39 is 8.32 Å². The van der Waals surface area contributed by atoms with Gasteiger partial charge in [0.25, 0.3) is 0 Å². The van der Waals surface area contributed by atoms with Gasteiger partial charge in [-0.15, -0.1) is 0 Å². The normalized spacial score (nSPS) is 19.6. The van der Waals surface area contributed by atoms with Crippen LogP contribution >= 0.6 is 0 Å². The van der Waals surface area contributed by atoms with Gasteiger partial charge in [0.2, 0.25) is 0 Å². The highest BCUT2D eigenvalue weighted by Gasteiger charge is 2.43. The van der Waals surface area contributed by atoms with Gasteiger partial charge in [0.05, 0.1) is 25.9 Å². The number of benzene rings is 2. The molecule has 0 saturated carbocycles. The lowest BCUT2D eigenvalue weighted by atomic mass is 9.81. The van der Waals surface area contributed by atoms with Crippen LogP contribution in [0.5, 0.6) is 5.75 Å². The molecule has 0 radical (unpaired) electrons. The first-order valence-corrected chi connectivity index (χ1v) is 12.8. The number of rotatable bonds is 5. The van der Waals surface area contributed by atoms with Crippen molar-refractivity contribution in [2.24, 2.45) is 0 Å². The third kappa shape index (κ3) is 3.76. The van der Waals surface area contributed by atoms with Crippen molar-refractivity contribution in [2.45, 2.75) is 50.9 Å². The average molecular weight is 397 g/mol. The number of ether oxygens (including phenoxy) is 2. The molecule has 0 unspecified atom stereocenters. The predicted molar refractivity (Wildman–Crippen MR) is 118 cm³/mol. The standard InChI is InChI=1S/C24H32O3Si/c1-24(2,3)28(6,7)27-23-18-14-11-15-20(25-4)22(18)21(26-5)16-19(23)17-12-9-8-10-13-17/h8-16,19,23H,1-7H3/t19-,23+/m1/s1. The van der Waals surface area contributed by atoms with Gasteiger partial charge in [0.1, 0.15) is 11.5 Å². The first kappa shape index (κ1) is 20.7. The van der Waals surface area contributed by atoms with Gasteiger partial charge in [-0.05, 0) is 41.4 Å². The molecule has 0 aliphatic heterocycles. The van der Waals surface area contributed by atoms with Crippen LogP contribution in [0.4, 0.5) is 0 Å². The molecule has 0 fully saturated rings. The molecule has 2 aromatic rings. The molecular formula is C24H32O3Si. The molecule has 1 aliphatic rings. The highest BCUT2D eigenvalue weighted by Crippen LogP contribution is 2.50. The SMILES string of the molecule is COC1=C[C@H](c2ccccc2)[C@@H](O[Si](C)(C)C(C)(C)C)c2cccc(OC)c21. The number of fused-ring (bicyclic) bond motifs is 1. The molecule has 3 rings (SSSR count). The maximum absolute atomic E-state index is 7.01. The average Bonchev–Trinajstić information content (AvgIpc) is 2.67. The second-order valence-electron chi connectivity index (χ2n) is 8.89. The predicted octanol–water partition coefficient (Wildman–Crippen LogP) is 6.54. The molecule has 2 atom stereocenters. The van der Waals surface area contributed by atoms with E-state index in [1.54, 1.807) is 14.2 Å². The highest BCUT2D eigenvalue weighted by molar-refractivity contribution is 6.74. The van der Waals surface area contributed by atoms with Crippen LogP contribution in [0.1, 0.15) is 49.5 Å². The molecule has 2 aromatic carbocycles. The van der Waals surface area contributed by atoms with Crippen molar-refractivity contribution >= 4 is 14.1 Å². The van der Waals surface area contributed by atoms with Crippen LogP contribution in [0.3, 0.4) is 0 Å². The summed E-state index contributed by atoms with van der Waals surface area (Å²) >= 11 is 0. The van der Waals surface area contributed by atoms with E-state index in [4.69, 9.17) is 13.9 Å². The summed E-state index contributed by atoms with van der Waals surface area (Å²) < 4.78 is 18.5. The van der Waals surface area contributed by atoms with Crippen molar-refractivity contribution in [1.82, 2.24) is 0 Å². The van der Waals surface area contributed by atoms with Gasteiger partial charge in [-0.1, -0.05) is 63.2 Å². The Kier molecular flexibility index (Phi) is 5.73. The van der Waals surface area contributed by atoms with Crippen molar-refractivity contribution in [2.75, 3.05) is 14.2 Å². The maximum atomic E-state index is 7.01. The first-order valence-electron chi connectivity index (χ1n) is 9.85. The molecule has 3 nitrogen and oxygen atoms in total. The zero-order chi connectivity index (χ0) is 20.5. The molecule has 0 saturated heterocycles. The largest absolute Gasteiger partial charge is 0.496 e. The summed E-state index contributed by atoms with van der Waals surface area (Å²) in [7, 11) is 1.42. The Hall–Kier alpha value is -2.04. The van der Waals surface area contributed by atoms with Crippen LogP contribution in [-0.4, -0.2) is 22.5 Å². The molecule has 1 aliphatic carbocycles. The summed E-state index contributed by atoms with van der Waals surface area (Å²) in [6.07, 6.45) is 2.12.